The number of carbonyl (C=O) groups excluding carboxylic acids is 2. The predicted octanol–water partition coefficient (Wildman–Crippen LogP) is 0.962. The molecule has 1 aliphatic heterocycles. The van der Waals surface area contributed by atoms with Gasteiger partial charge in [0.2, 0.25) is 12.4 Å². The number of rotatable bonds is 1. The zero-order chi connectivity index (χ0) is 11.6. The van der Waals surface area contributed by atoms with Crippen molar-refractivity contribution in [2.45, 2.75) is 25.5 Å². The molecule has 2 atom stereocenters. The Morgan fingerprint density at radius 1 is 1.53 bits per heavy atom. The van der Waals surface area contributed by atoms with E-state index in [-0.39, 0.29) is 0 Å². The fourth-order valence-electron chi connectivity index (χ4n) is 0.976. The average Bonchev–Trinajstić information content (AvgIpc) is 2.05. The number of hydrogen-bond donors (Lipinski definition) is 0. The van der Waals surface area contributed by atoms with Crippen molar-refractivity contribution >= 4 is 11.8 Å². The fourth-order valence-corrected chi connectivity index (χ4v) is 0.976. The van der Waals surface area contributed by atoms with Gasteiger partial charge in [-0.3, -0.25) is 9.59 Å². The van der Waals surface area contributed by atoms with Crippen LogP contribution in [0.2, 0.25) is 0 Å². The Kier molecular flexibility index (Phi) is 3.13. The minimum Gasteiger partial charge on any atom is -0.432 e. The maximum absolute atomic E-state index is 12.2. The van der Waals surface area contributed by atoms with Gasteiger partial charge in [0.15, 0.2) is 5.78 Å². The average molecular weight is 224 g/mol. The van der Waals surface area contributed by atoms with Gasteiger partial charge in [-0.25, -0.2) is 0 Å². The number of alkyl halides is 3. The van der Waals surface area contributed by atoms with Crippen LogP contribution >= 0.6 is 0 Å². The maximum Gasteiger partial charge on any atom is 0.422 e. The second-order valence-electron chi connectivity index (χ2n) is 2.80. The van der Waals surface area contributed by atoms with Gasteiger partial charge in [-0.2, -0.15) is 13.2 Å². The van der Waals surface area contributed by atoms with E-state index in [0.29, 0.717) is 6.08 Å². The summed E-state index contributed by atoms with van der Waals surface area (Å²) >= 11 is 0. The van der Waals surface area contributed by atoms with Gasteiger partial charge in [-0.1, -0.05) is 0 Å². The van der Waals surface area contributed by atoms with Crippen molar-refractivity contribution in [3.8, 4) is 0 Å². The van der Waals surface area contributed by atoms with Gasteiger partial charge in [0.1, 0.15) is 0 Å². The lowest BCUT2D eigenvalue weighted by Gasteiger charge is -2.25. The Hall–Kier alpha value is -1.37. The van der Waals surface area contributed by atoms with E-state index in [2.05, 4.69) is 9.47 Å². The third kappa shape index (κ3) is 3.05. The van der Waals surface area contributed by atoms with Crippen LogP contribution in [0.3, 0.4) is 0 Å². The summed E-state index contributed by atoms with van der Waals surface area (Å²) < 4.78 is 45.2. The topological polar surface area (TPSA) is 52.6 Å². The van der Waals surface area contributed by atoms with Crippen molar-refractivity contribution in [2.24, 2.45) is 0 Å². The van der Waals surface area contributed by atoms with Crippen LogP contribution in [0.4, 0.5) is 13.2 Å². The third-order valence-electron chi connectivity index (χ3n) is 1.53. The summed E-state index contributed by atoms with van der Waals surface area (Å²) in [5.74, 6) is -2.01. The van der Waals surface area contributed by atoms with Crippen LogP contribution < -0.4 is 0 Å². The normalized spacial score (nSPS) is 26.5. The van der Waals surface area contributed by atoms with Gasteiger partial charge in [0.25, 0.3) is 0 Å². The second kappa shape index (κ2) is 4.01. The van der Waals surface area contributed by atoms with Crippen LogP contribution in [0.15, 0.2) is 12.2 Å². The van der Waals surface area contributed by atoms with E-state index < -0.39 is 30.3 Å². The van der Waals surface area contributed by atoms with Crippen LogP contribution in [0.25, 0.3) is 0 Å². The first kappa shape index (κ1) is 11.7. The van der Waals surface area contributed by atoms with E-state index in [9.17, 15) is 22.8 Å². The minimum atomic E-state index is -4.81. The summed E-state index contributed by atoms with van der Waals surface area (Å²) in [6.07, 6.45) is -7.19. The molecule has 1 aliphatic rings. The highest BCUT2D eigenvalue weighted by Gasteiger charge is 2.48. The molecule has 84 valence electrons. The number of hydrogen-bond acceptors (Lipinski definition) is 4. The fraction of sp³-hybridized carbons (Fsp3) is 0.500. The van der Waals surface area contributed by atoms with Crippen molar-refractivity contribution in [1.82, 2.24) is 0 Å². The van der Waals surface area contributed by atoms with Crippen molar-refractivity contribution in [2.75, 3.05) is 0 Å². The SMILES string of the molecule is CC(=O)OC1C=CC(=O)C(C(F)(F)F)O1. The lowest BCUT2D eigenvalue weighted by Crippen LogP contribution is -2.44. The number of ketones is 1. The van der Waals surface area contributed by atoms with E-state index >= 15 is 0 Å². The summed E-state index contributed by atoms with van der Waals surface area (Å²) in [4.78, 5) is 21.2. The van der Waals surface area contributed by atoms with Crippen LogP contribution in [-0.2, 0) is 19.1 Å². The second-order valence-corrected chi connectivity index (χ2v) is 2.80. The van der Waals surface area contributed by atoms with Crippen molar-refractivity contribution < 1.29 is 32.2 Å². The summed E-state index contributed by atoms with van der Waals surface area (Å²) in [5, 5.41) is 0. The smallest absolute Gasteiger partial charge is 0.422 e. The first-order valence-electron chi connectivity index (χ1n) is 3.92. The molecule has 7 heteroatoms. The predicted molar refractivity (Wildman–Crippen MR) is 40.6 cm³/mol. The Morgan fingerprint density at radius 3 is 2.60 bits per heavy atom. The molecule has 4 nitrogen and oxygen atoms in total. The number of carbonyl (C=O) groups is 2. The van der Waals surface area contributed by atoms with Crippen molar-refractivity contribution in [1.29, 1.82) is 0 Å². The molecule has 0 aromatic heterocycles. The standard InChI is InChI=1S/C8H7F3O4/c1-4(12)14-6-3-2-5(13)7(15-6)8(9,10)11/h2-3,6-7H,1H3. The highest BCUT2D eigenvalue weighted by Crippen LogP contribution is 2.27. The van der Waals surface area contributed by atoms with E-state index in [1.165, 1.54) is 0 Å². The highest BCUT2D eigenvalue weighted by molar-refractivity contribution is 5.94. The summed E-state index contributed by atoms with van der Waals surface area (Å²) in [7, 11) is 0. The van der Waals surface area contributed by atoms with Crippen molar-refractivity contribution in [3.05, 3.63) is 12.2 Å². The Morgan fingerprint density at radius 2 is 2.13 bits per heavy atom. The summed E-state index contributed by atoms with van der Waals surface area (Å²) in [5.41, 5.74) is 0. The molecule has 0 aromatic carbocycles. The van der Waals surface area contributed by atoms with Crippen LogP contribution in [0.5, 0.6) is 0 Å². The molecule has 0 bridgehead atoms. The molecule has 2 unspecified atom stereocenters. The number of ether oxygens (including phenoxy) is 2. The first-order chi connectivity index (χ1) is 6.80. The third-order valence-corrected chi connectivity index (χ3v) is 1.53. The summed E-state index contributed by atoms with van der Waals surface area (Å²) in [6, 6.07) is 0. The first-order valence-corrected chi connectivity index (χ1v) is 3.92. The van der Waals surface area contributed by atoms with Crippen LogP contribution in [-0.4, -0.2) is 30.3 Å². The quantitative estimate of drug-likeness (QED) is 0.622. The number of halogens is 3. The molecule has 0 amide bonds. The van der Waals surface area contributed by atoms with Gasteiger partial charge in [0, 0.05) is 6.92 Å². The molecule has 0 saturated carbocycles. The van der Waals surface area contributed by atoms with Gasteiger partial charge >= 0.3 is 12.1 Å². The molecular formula is C8H7F3O4. The van der Waals surface area contributed by atoms with Crippen LogP contribution in [0.1, 0.15) is 6.92 Å². The van der Waals surface area contributed by atoms with Gasteiger partial charge in [0.05, 0.1) is 0 Å². The molecule has 0 radical (unpaired) electrons. The van der Waals surface area contributed by atoms with Crippen LogP contribution in [0, 0.1) is 0 Å². The molecule has 15 heavy (non-hydrogen) atoms. The molecule has 1 rings (SSSR count). The molecule has 0 fully saturated rings. The molecule has 0 aromatic rings. The highest BCUT2D eigenvalue weighted by atomic mass is 19.4. The number of esters is 1. The van der Waals surface area contributed by atoms with E-state index in [1.807, 2.05) is 0 Å². The summed E-state index contributed by atoms with van der Waals surface area (Å²) in [6.45, 7) is 1.02. The molecule has 0 aliphatic carbocycles. The minimum absolute atomic E-state index is 0.690. The largest absolute Gasteiger partial charge is 0.432 e. The Bertz CT molecular complexity index is 307. The van der Waals surface area contributed by atoms with Crippen molar-refractivity contribution in [3.63, 3.8) is 0 Å². The monoisotopic (exact) mass is 224 g/mol. The molecule has 0 spiro atoms. The molecular weight excluding hydrogens is 217 g/mol. The lowest BCUT2D eigenvalue weighted by molar-refractivity contribution is -0.251. The van der Waals surface area contributed by atoms with Gasteiger partial charge in [-0.05, 0) is 12.2 Å². The Labute approximate surface area is 82.6 Å². The van der Waals surface area contributed by atoms with Gasteiger partial charge < -0.3 is 9.47 Å². The van der Waals surface area contributed by atoms with E-state index in [0.717, 1.165) is 13.0 Å². The molecule has 0 N–H and O–H groups in total. The van der Waals surface area contributed by atoms with E-state index in [1.54, 1.807) is 0 Å². The molecule has 0 saturated heterocycles. The molecule has 1 heterocycles. The Balaban J connectivity index is 2.75. The lowest BCUT2D eigenvalue weighted by atomic mass is 10.1. The maximum atomic E-state index is 12.2. The van der Waals surface area contributed by atoms with E-state index in [4.69, 9.17) is 0 Å². The zero-order valence-electron chi connectivity index (χ0n) is 7.58. The zero-order valence-corrected chi connectivity index (χ0v) is 7.58. The van der Waals surface area contributed by atoms with Gasteiger partial charge in [-0.15, -0.1) is 0 Å².